The molecule has 0 aromatic heterocycles. The summed E-state index contributed by atoms with van der Waals surface area (Å²) in [6, 6.07) is 5.19. The monoisotopic (exact) mass is 273 g/mol. The van der Waals surface area contributed by atoms with E-state index in [0.717, 1.165) is 4.90 Å². The number of alkyl halides is 3. The van der Waals surface area contributed by atoms with Gasteiger partial charge in [-0.05, 0) is 37.1 Å². The van der Waals surface area contributed by atoms with E-state index in [0.29, 0.717) is 24.2 Å². The first kappa shape index (κ1) is 13.5. The summed E-state index contributed by atoms with van der Waals surface area (Å²) in [7, 11) is 0. The Balaban J connectivity index is 2.01. The molecule has 0 radical (unpaired) electrons. The number of nitrogen functional groups attached to an aromatic ring is 1. The predicted molar refractivity (Wildman–Crippen MR) is 65.7 cm³/mol. The number of rotatable bonds is 3. The third-order valence-corrected chi connectivity index (χ3v) is 2.76. The van der Waals surface area contributed by atoms with Crippen LogP contribution in [0.3, 0.4) is 0 Å². The molecule has 7 heteroatoms. The van der Waals surface area contributed by atoms with Crippen LogP contribution in [-0.4, -0.2) is 29.7 Å². The van der Waals surface area contributed by atoms with Gasteiger partial charge in [0, 0.05) is 17.4 Å². The molecule has 1 aromatic carbocycles. The number of halogens is 3. The maximum Gasteiger partial charge on any atom is 0.406 e. The summed E-state index contributed by atoms with van der Waals surface area (Å²) < 4.78 is 37.2. The van der Waals surface area contributed by atoms with Gasteiger partial charge in [-0.1, -0.05) is 0 Å². The van der Waals surface area contributed by atoms with Crippen LogP contribution in [0.4, 0.5) is 29.3 Å². The number of hydrogen-bond donors (Lipinski definition) is 2. The van der Waals surface area contributed by atoms with Gasteiger partial charge in [-0.25, -0.2) is 4.79 Å². The molecule has 0 atom stereocenters. The molecule has 104 valence electrons. The molecule has 1 saturated carbocycles. The number of carbonyl (C=O) groups excluding carboxylic acids is 1. The third kappa shape index (κ3) is 4.04. The minimum Gasteiger partial charge on any atom is -0.399 e. The molecule has 1 fully saturated rings. The number of benzene rings is 1. The summed E-state index contributed by atoms with van der Waals surface area (Å²) in [6.45, 7) is -1.22. The molecule has 4 nitrogen and oxygen atoms in total. The Hall–Kier alpha value is -1.92. The van der Waals surface area contributed by atoms with Crippen molar-refractivity contribution in [1.29, 1.82) is 0 Å². The molecule has 2 amide bonds. The van der Waals surface area contributed by atoms with Crippen LogP contribution in [0.2, 0.25) is 0 Å². The lowest BCUT2D eigenvalue weighted by Crippen LogP contribution is -2.42. The second-order valence-corrected chi connectivity index (χ2v) is 4.53. The first-order valence-electron chi connectivity index (χ1n) is 5.85. The molecular formula is C12H14F3N3O. The fourth-order valence-electron chi connectivity index (χ4n) is 1.71. The summed E-state index contributed by atoms with van der Waals surface area (Å²) in [5, 5.41) is 2.44. The SMILES string of the molecule is Nc1ccc(NC(=O)N(CC(F)(F)F)C2CC2)cc1. The van der Waals surface area contributed by atoms with Crippen LogP contribution in [-0.2, 0) is 0 Å². The van der Waals surface area contributed by atoms with Gasteiger partial charge in [0.25, 0.3) is 0 Å². The molecule has 19 heavy (non-hydrogen) atoms. The second-order valence-electron chi connectivity index (χ2n) is 4.53. The zero-order valence-corrected chi connectivity index (χ0v) is 10.1. The quantitative estimate of drug-likeness (QED) is 0.832. The van der Waals surface area contributed by atoms with E-state index in [2.05, 4.69) is 5.32 Å². The van der Waals surface area contributed by atoms with Crippen LogP contribution in [0, 0.1) is 0 Å². The van der Waals surface area contributed by atoms with Gasteiger partial charge in [-0.15, -0.1) is 0 Å². The van der Waals surface area contributed by atoms with Crippen LogP contribution in [0.15, 0.2) is 24.3 Å². The van der Waals surface area contributed by atoms with Gasteiger partial charge in [0.2, 0.25) is 0 Å². The summed E-state index contributed by atoms with van der Waals surface area (Å²) in [5.41, 5.74) is 6.43. The molecule has 0 heterocycles. The average Bonchev–Trinajstić information content (AvgIpc) is 3.12. The highest BCUT2D eigenvalue weighted by Gasteiger charge is 2.40. The minimum atomic E-state index is -4.39. The number of nitrogens with one attached hydrogen (secondary N) is 1. The van der Waals surface area contributed by atoms with Crippen LogP contribution in [0.5, 0.6) is 0 Å². The third-order valence-electron chi connectivity index (χ3n) is 2.76. The van der Waals surface area contributed by atoms with Crippen molar-refractivity contribution in [2.24, 2.45) is 0 Å². The molecular weight excluding hydrogens is 259 g/mol. The lowest BCUT2D eigenvalue weighted by Gasteiger charge is -2.24. The average molecular weight is 273 g/mol. The Bertz CT molecular complexity index is 454. The Morgan fingerprint density at radius 1 is 1.32 bits per heavy atom. The van der Waals surface area contributed by atoms with Crippen molar-refractivity contribution in [2.75, 3.05) is 17.6 Å². The molecule has 0 saturated heterocycles. The summed E-state index contributed by atoms with van der Waals surface area (Å²) >= 11 is 0. The van der Waals surface area contributed by atoms with Crippen LogP contribution < -0.4 is 11.1 Å². The summed E-state index contributed by atoms with van der Waals surface area (Å²) in [6.07, 6.45) is -3.16. The lowest BCUT2D eigenvalue weighted by atomic mass is 10.3. The van der Waals surface area contributed by atoms with E-state index in [1.165, 1.54) is 0 Å². The number of urea groups is 1. The highest BCUT2D eigenvalue weighted by Crippen LogP contribution is 2.30. The number of nitrogens with two attached hydrogens (primary N) is 1. The highest BCUT2D eigenvalue weighted by atomic mass is 19.4. The molecule has 0 spiro atoms. The van der Waals surface area contributed by atoms with Crippen molar-refractivity contribution < 1.29 is 18.0 Å². The molecule has 0 aliphatic heterocycles. The maximum absolute atomic E-state index is 12.4. The fraction of sp³-hybridized carbons (Fsp3) is 0.417. The van der Waals surface area contributed by atoms with E-state index in [9.17, 15) is 18.0 Å². The van der Waals surface area contributed by atoms with Crippen molar-refractivity contribution >= 4 is 17.4 Å². The summed E-state index contributed by atoms with van der Waals surface area (Å²) in [4.78, 5) is 12.7. The molecule has 3 N–H and O–H groups in total. The van der Waals surface area contributed by atoms with E-state index in [4.69, 9.17) is 5.73 Å². The number of anilines is 2. The van der Waals surface area contributed by atoms with Crippen LogP contribution in [0.1, 0.15) is 12.8 Å². The van der Waals surface area contributed by atoms with Crippen molar-refractivity contribution in [3.63, 3.8) is 0 Å². The zero-order valence-electron chi connectivity index (χ0n) is 10.1. The normalized spacial score (nSPS) is 15.1. The lowest BCUT2D eigenvalue weighted by molar-refractivity contribution is -0.140. The van der Waals surface area contributed by atoms with E-state index in [-0.39, 0.29) is 6.04 Å². The molecule has 2 rings (SSSR count). The van der Waals surface area contributed by atoms with E-state index < -0.39 is 18.8 Å². The van der Waals surface area contributed by atoms with E-state index >= 15 is 0 Å². The minimum absolute atomic E-state index is 0.310. The number of carbonyl (C=O) groups is 1. The van der Waals surface area contributed by atoms with Crippen molar-refractivity contribution in [3.05, 3.63) is 24.3 Å². The molecule has 1 aliphatic carbocycles. The van der Waals surface area contributed by atoms with Gasteiger partial charge in [-0.3, -0.25) is 0 Å². The maximum atomic E-state index is 12.4. The number of hydrogen-bond acceptors (Lipinski definition) is 2. The largest absolute Gasteiger partial charge is 0.406 e. The first-order chi connectivity index (χ1) is 8.85. The van der Waals surface area contributed by atoms with Crippen LogP contribution >= 0.6 is 0 Å². The van der Waals surface area contributed by atoms with Gasteiger partial charge in [0.1, 0.15) is 6.54 Å². The standard InChI is InChI=1S/C12H14F3N3O/c13-12(14,15)7-18(10-5-6-10)11(19)17-9-3-1-8(16)2-4-9/h1-4,10H,5-7,16H2,(H,17,19). The van der Waals surface area contributed by atoms with Crippen molar-refractivity contribution in [1.82, 2.24) is 4.90 Å². The van der Waals surface area contributed by atoms with Crippen molar-refractivity contribution in [3.8, 4) is 0 Å². The number of amides is 2. The van der Waals surface area contributed by atoms with Crippen molar-refractivity contribution in [2.45, 2.75) is 25.1 Å². The number of nitrogens with zero attached hydrogens (tertiary/aromatic N) is 1. The topological polar surface area (TPSA) is 58.4 Å². The fourth-order valence-corrected chi connectivity index (χ4v) is 1.71. The van der Waals surface area contributed by atoms with Gasteiger partial charge < -0.3 is 16.0 Å². The smallest absolute Gasteiger partial charge is 0.399 e. The van der Waals surface area contributed by atoms with E-state index in [1.54, 1.807) is 24.3 Å². The van der Waals surface area contributed by atoms with Gasteiger partial charge in [0.05, 0.1) is 0 Å². The molecule has 0 unspecified atom stereocenters. The molecule has 1 aromatic rings. The van der Waals surface area contributed by atoms with Gasteiger partial charge in [0.15, 0.2) is 0 Å². The molecule has 0 bridgehead atoms. The first-order valence-corrected chi connectivity index (χ1v) is 5.85. The molecule has 1 aliphatic rings. The Kier molecular flexibility index (Phi) is 3.55. The van der Waals surface area contributed by atoms with Gasteiger partial charge in [-0.2, -0.15) is 13.2 Å². The second kappa shape index (κ2) is 4.99. The van der Waals surface area contributed by atoms with Gasteiger partial charge >= 0.3 is 12.2 Å². The predicted octanol–water partition coefficient (Wildman–Crippen LogP) is 2.83. The Morgan fingerprint density at radius 2 is 1.89 bits per heavy atom. The highest BCUT2D eigenvalue weighted by molar-refractivity contribution is 5.90. The zero-order chi connectivity index (χ0) is 14.0. The summed E-state index contributed by atoms with van der Waals surface area (Å²) in [5.74, 6) is 0. The Labute approximate surface area is 108 Å². The van der Waals surface area contributed by atoms with Crippen LogP contribution in [0.25, 0.3) is 0 Å². The van der Waals surface area contributed by atoms with E-state index in [1.807, 2.05) is 0 Å². The Morgan fingerprint density at radius 3 is 2.37 bits per heavy atom.